The van der Waals surface area contributed by atoms with Gasteiger partial charge in [-0.3, -0.25) is 9.59 Å². The van der Waals surface area contributed by atoms with Gasteiger partial charge in [0.2, 0.25) is 5.91 Å². The molecule has 0 saturated carbocycles. The summed E-state index contributed by atoms with van der Waals surface area (Å²) in [5, 5.41) is 23.3. The van der Waals surface area contributed by atoms with Gasteiger partial charge in [0.05, 0.1) is 25.4 Å². The van der Waals surface area contributed by atoms with Crippen LogP contribution in [0.2, 0.25) is 0 Å². The summed E-state index contributed by atoms with van der Waals surface area (Å²) >= 11 is 0. The first-order valence-corrected chi connectivity index (χ1v) is 41.1. The summed E-state index contributed by atoms with van der Waals surface area (Å²) in [6, 6.07) is -0.626. The van der Waals surface area contributed by atoms with Gasteiger partial charge >= 0.3 is 5.97 Å². The van der Waals surface area contributed by atoms with Gasteiger partial charge in [0.15, 0.2) is 0 Å². The molecule has 6 nitrogen and oxygen atoms in total. The number of rotatable bonds is 78. The van der Waals surface area contributed by atoms with Crippen LogP contribution in [-0.4, -0.2) is 47.4 Å². The van der Waals surface area contributed by atoms with Crippen molar-refractivity contribution in [3.63, 3.8) is 0 Å². The van der Waals surface area contributed by atoms with E-state index in [1.54, 1.807) is 6.08 Å². The van der Waals surface area contributed by atoms with Crippen molar-refractivity contribution in [3.05, 3.63) is 24.3 Å². The molecule has 0 heterocycles. The lowest BCUT2D eigenvalue weighted by Gasteiger charge is -2.20. The molecule has 0 aliphatic heterocycles. The third kappa shape index (κ3) is 75.3. The van der Waals surface area contributed by atoms with Crippen molar-refractivity contribution in [2.75, 3.05) is 13.2 Å². The molecule has 0 spiro atoms. The molecule has 89 heavy (non-hydrogen) atoms. The highest BCUT2D eigenvalue weighted by Gasteiger charge is 2.18. The number of aliphatic hydroxyl groups excluding tert-OH is 2. The normalized spacial score (nSPS) is 12.5. The lowest BCUT2D eigenvalue weighted by Crippen LogP contribution is -2.45. The Morgan fingerprint density at radius 3 is 0.798 bits per heavy atom. The Kier molecular flexibility index (Phi) is 77.3. The van der Waals surface area contributed by atoms with Crippen LogP contribution in [-0.2, 0) is 14.3 Å². The van der Waals surface area contributed by atoms with Gasteiger partial charge in [-0.25, -0.2) is 0 Å². The average molecular weight is 1250 g/mol. The Morgan fingerprint density at radius 2 is 0.528 bits per heavy atom. The minimum atomic E-state index is -0.843. The van der Waals surface area contributed by atoms with Gasteiger partial charge in [0.1, 0.15) is 0 Å². The van der Waals surface area contributed by atoms with E-state index >= 15 is 0 Å². The molecule has 528 valence electrons. The van der Waals surface area contributed by atoms with Crippen LogP contribution in [0.15, 0.2) is 24.3 Å². The Bertz CT molecular complexity index is 1400. The summed E-state index contributed by atoms with van der Waals surface area (Å²) in [6.07, 6.45) is 102. The van der Waals surface area contributed by atoms with Gasteiger partial charge in [-0.1, -0.05) is 423 Å². The number of nitrogens with one attached hydrogen (secondary N) is 1. The van der Waals surface area contributed by atoms with Crippen molar-refractivity contribution < 1.29 is 24.5 Å². The summed E-state index contributed by atoms with van der Waals surface area (Å²) in [7, 11) is 0. The number of hydrogen-bond acceptors (Lipinski definition) is 5. The molecule has 0 aromatic heterocycles. The van der Waals surface area contributed by atoms with Gasteiger partial charge < -0.3 is 20.3 Å². The highest BCUT2D eigenvalue weighted by molar-refractivity contribution is 5.76. The molecule has 0 saturated heterocycles. The zero-order chi connectivity index (χ0) is 64.2. The monoisotopic (exact) mass is 1250 g/mol. The summed E-state index contributed by atoms with van der Waals surface area (Å²) in [6.45, 7) is 4.97. The van der Waals surface area contributed by atoms with E-state index in [1.807, 2.05) is 6.08 Å². The first-order valence-electron chi connectivity index (χ1n) is 41.1. The van der Waals surface area contributed by atoms with Crippen molar-refractivity contribution in [2.24, 2.45) is 0 Å². The molecule has 0 aromatic carbocycles. The van der Waals surface area contributed by atoms with Gasteiger partial charge in [0.25, 0.3) is 0 Å². The molecular formula is C83H161NO5. The van der Waals surface area contributed by atoms with Crippen molar-refractivity contribution in [1.29, 1.82) is 0 Å². The van der Waals surface area contributed by atoms with Gasteiger partial charge in [-0.15, -0.1) is 0 Å². The molecule has 0 radical (unpaired) electrons. The van der Waals surface area contributed by atoms with Crippen LogP contribution in [0, 0.1) is 0 Å². The Balaban J connectivity index is 3.35. The molecule has 0 aliphatic carbocycles. The second kappa shape index (κ2) is 78.8. The number of amides is 1. The van der Waals surface area contributed by atoms with E-state index < -0.39 is 12.1 Å². The quantitative estimate of drug-likeness (QED) is 0.0320. The molecule has 0 aliphatic rings. The highest BCUT2D eigenvalue weighted by Crippen LogP contribution is 2.20. The standard InChI is InChI=1S/C83H161NO5/c1-3-5-7-9-11-13-15-17-19-21-22-40-44-47-51-55-59-63-67-71-75-81(86)80(79-85)84-82(87)76-72-68-64-60-56-52-48-45-41-38-36-34-32-30-28-26-24-23-25-27-29-31-33-35-37-39-42-46-50-54-58-62-66-70-74-78-89-83(88)77-73-69-65-61-57-53-49-43-20-18-16-14-12-10-8-6-4-2/h25,27,71,75,80-81,85-86H,3-24,26,28-70,72-74,76-79H2,1-2H3,(H,84,87)/b27-25-,75-71+. The van der Waals surface area contributed by atoms with Crippen LogP contribution in [0.4, 0.5) is 0 Å². The number of esters is 1. The van der Waals surface area contributed by atoms with E-state index in [1.165, 1.54) is 405 Å². The first-order chi connectivity index (χ1) is 44.0. The fourth-order valence-corrected chi connectivity index (χ4v) is 13.2. The lowest BCUT2D eigenvalue weighted by atomic mass is 10.0. The molecule has 6 heteroatoms. The molecule has 0 rings (SSSR count). The second-order valence-electron chi connectivity index (χ2n) is 28.5. The van der Waals surface area contributed by atoms with E-state index in [-0.39, 0.29) is 18.5 Å². The van der Waals surface area contributed by atoms with Crippen molar-refractivity contribution in [1.82, 2.24) is 5.32 Å². The number of unbranched alkanes of at least 4 members (excludes halogenated alkanes) is 65. The van der Waals surface area contributed by atoms with Crippen LogP contribution >= 0.6 is 0 Å². The minimum absolute atomic E-state index is 0.0251. The number of carbonyl (C=O) groups excluding carboxylic acids is 2. The molecule has 0 fully saturated rings. The molecule has 0 aromatic rings. The molecule has 3 N–H and O–H groups in total. The van der Waals surface area contributed by atoms with Crippen LogP contribution in [0.1, 0.15) is 470 Å². The maximum atomic E-state index is 12.5. The number of ether oxygens (including phenoxy) is 1. The smallest absolute Gasteiger partial charge is 0.305 e. The fourth-order valence-electron chi connectivity index (χ4n) is 13.2. The topological polar surface area (TPSA) is 95.9 Å². The number of allylic oxidation sites excluding steroid dienone is 3. The average Bonchev–Trinajstić information content (AvgIpc) is 3.62. The molecular weight excluding hydrogens is 1090 g/mol. The van der Waals surface area contributed by atoms with Crippen LogP contribution in [0.5, 0.6) is 0 Å². The Morgan fingerprint density at radius 1 is 0.303 bits per heavy atom. The van der Waals surface area contributed by atoms with E-state index in [0.29, 0.717) is 19.4 Å². The number of hydrogen-bond donors (Lipinski definition) is 3. The van der Waals surface area contributed by atoms with Crippen molar-refractivity contribution in [3.8, 4) is 0 Å². The Labute approximate surface area is 558 Å². The van der Waals surface area contributed by atoms with Crippen LogP contribution < -0.4 is 5.32 Å². The summed E-state index contributed by atoms with van der Waals surface area (Å²) in [5.41, 5.74) is 0. The van der Waals surface area contributed by atoms with Crippen LogP contribution in [0.3, 0.4) is 0 Å². The minimum Gasteiger partial charge on any atom is -0.466 e. The third-order valence-corrected chi connectivity index (χ3v) is 19.5. The molecule has 2 atom stereocenters. The second-order valence-corrected chi connectivity index (χ2v) is 28.5. The maximum absolute atomic E-state index is 12.5. The van der Waals surface area contributed by atoms with Crippen LogP contribution in [0.25, 0.3) is 0 Å². The maximum Gasteiger partial charge on any atom is 0.305 e. The van der Waals surface area contributed by atoms with Gasteiger partial charge in [-0.05, 0) is 57.8 Å². The largest absolute Gasteiger partial charge is 0.466 e. The lowest BCUT2D eigenvalue weighted by molar-refractivity contribution is -0.143. The highest BCUT2D eigenvalue weighted by atomic mass is 16.5. The van der Waals surface area contributed by atoms with Crippen molar-refractivity contribution in [2.45, 2.75) is 482 Å². The summed E-state index contributed by atoms with van der Waals surface area (Å²) in [4.78, 5) is 24.7. The van der Waals surface area contributed by atoms with Crippen molar-refractivity contribution >= 4 is 11.9 Å². The van der Waals surface area contributed by atoms with E-state index in [0.717, 1.165) is 38.5 Å². The molecule has 0 bridgehead atoms. The summed E-state index contributed by atoms with van der Waals surface area (Å²) in [5.74, 6) is -0.0346. The summed E-state index contributed by atoms with van der Waals surface area (Å²) < 4.78 is 5.52. The van der Waals surface area contributed by atoms with E-state index in [9.17, 15) is 19.8 Å². The Hall–Kier alpha value is -1.66. The van der Waals surface area contributed by atoms with E-state index in [4.69, 9.17) is 4.74 Å². The molecule has 2 unspecified atom stereocenters. The SMILES string of the molecule is CCCCCCCCCCCCCCCCCCCC/C=C/C(O)C(CO)NC(=O)CCCCCCCCCCCCCCCCCCC/C=C\CCCCCCCCCCCCCCCCOC(=O)CCCCCCCCCCCCCCCCCCC. The molecule has 1 amide bonds. The number of aliphatic hydroxyl groups is 2. The zero-order valence-electron chi connectivity index (χ0n) is 60.7. The van der Waals surface area contributed by atoms with E-state index in [2.05, 4.69) is 31.3 Å². The third-order valence-electron chi connectivity index (χ3n) is 19.5. The fraction of sp³-hybridized carbons (Fsp3) is 0.928. The first kappa shape index (κ1) is 87.3. The zero-order valence-corrected chi connectivity index (χ0v) is 60.7. The predicted octanol–water partition coefficient (Wildman–Crippen LogP) is 27.2. The van der Waals surface area contributed by atoms with Gasteiger partial charge in [0, 0.05) is 12.8 Å². The predicted molar refractivity (Wildman–Crippen MR) is 393 cm³/mol. The van der Waals surface area contributed by atoms with Gasteiger partial charge in [-0.2, -0.15) is 0 Å². The number of carbonyl (C=O) groups is 2.